The zero-order valence-corrected chi connectivity index (χ0v) is 25.6. The van der Waals surface area contributed by atoms with Gasteiger partial charge in [0.2, 0.25) is 0 Å². The van der Waals surface area contributed by atoms with E-state index in [-0.39, 0.29) is 67.9 Å². The van der Waals surface area contributed by atoms with Gasteiger partial charge in [0.25, 0.3) is 0 Å². The summed E-state index contributed by atoms with van der Waals surface area (Å²) in [7, 11) is 0. The minimum absolute atomic E-state index is 0. The van der Waals surface area contributed by atoms with Crippen LogP contribution in [0.4, 0.5) is 0 Å². The third kappa shape index (κ3) is 14.0. The quantitative estimate of drug-likeness (QED) is 0.256. The first-order valence-corrected chi connectivity index (χ1v) is 9.54. The summed E-state index contributed by atoms with van der Waals surface area (Å²) in [5.41, 5.74) is 13.6. The minimum Gasteiger partial charge on any atom is -0.673 e. The molecule has 32 heavy (non-hydrogen) atoms. The molecule has 3 rings (SSSR count). The second-order valence-corrected chi connectivity index (χ2v) is 7.73. The Hall–Kier alpha value is -1.32. The first kappa shape index (κ1) is 41.0. The standard InChI is InChI=1S/C21H21.C4H10N.4CH3.H3Si.Ti/c1-2-3-10-19-15-16-20(17-11-6-4-7-12-17)21(19)18-13-8-5-9-14-18;1-4(2,3)5;;;;;;/h4-9,11-16H,2-3,10H2,1H3;5H,1-3H3;5*1H3;/q6*-1;;. The molecule has 3 aromatic rings. The molecule has 0 saturated heterocycles. The van der Waals surface area contributed by atoms with Crippen molar-refractivity contribution in [3.8, 4) is 22.3 Å². The number of hydrogen-bond acceptors (Lipinski definition) is 0. The predicted octanol–water partition coefficient (Wildman–Crippen LogP) is 8.53. The summed E-state index contributed by atoms with van der Waals surface area (Å²) >= 11 is 0. The van der Waals surface area contributed by atoms with Gasteiger partial charge in [0.1, 0.15) is 0 Å². The van der Waals surface area contributed by atoms with Crippen molar-refractivity contribution in [2.75, 3.05) is 0 Å². The van der Waals surface area contributed by atoms with Gasteiger partial charge in [-0.2, -0.15) is 5.56 Å². The Kier molecular flexibility index (Phi) is 26.0. The molecule has 181 valence electrons. The molecule has 1 N–H and O–H groups in total. The molecule has 3 aromatic carbocycles. The molecule has 0 bridgehead atoms. The van der Waals surface area contributed by atoms with Crippen LogP contribution in [0, 0.1) is 29.7 Å². The summed E-state index contributed by atoms with van der Waals surface area (Å²) in [5.74, 6) is 0. The van der Waals surface area contributed by atoms with Crippen LogP contribution in [0.1, 0.15) is 46.1 Å². The Balaban J connectivity index is -0.000000202. The van der Waals surface area contributed by atoms with Gasteiger partial charge in [-0.1, -0.05) is 119 Å². The summed E-state index contributed by atoms with van der Waals surface area (Å²) < 4.78 is 0. The summed E-state index contributed by atoms with van der Waals surface area (Å²) in [6.45, 7) is 7.82. The average molecular weight is 485 g/mol. The van der Waals surface area contributed by atoms with E-state index in [1.807, 2.05) is 20.8 Å². The van der Waals surface area contributed by atoms with Crippen molar-refractivity contribution in [3.63, 3.8) is 0 Å². The van der Waals surface area contributed by atoms with Gasteiger partial charge in [0.15, 0.2) is 0 Å². The first-order chi connectivity index (χ1) is 12.4. The molecule has 0 aliphatic rings. The van der Waals surface area contributed by atoms with Crippen molar-refractivity contribution in [2.24, 2.45) is 0 Å². The van der Waals surface area contributed by atoms with E-state index >= 15 is 0 Å². The SMILES string of the molecule is CC(C)(C)[NH-].CCCCc1c[cH-]c(-c2ccccc2)c1-c1ccccc1.[CH3-].[CH3-].[CH3-].[CH3-].[SiH3].[Ti]. The number of aryl methyl sites for hydroxylation is 1. The van der Waals surface area contributed by atoms with Gasteiger partial charge in [-0.05, 0) is 11.0 Å². The van der Waals surface area contributed by atoms with Crippen LogP contribution in [0.3, 0.4) is 0 Å². The second-order valence-electron chi connectivity index (χ2n) is 7.73. The molecular formula is C29H46NSiTi-6. The maximum atomic E-state index is 6.94. The number of hydrogen-bond donors (Lipinski definition) is 0. The molecule has 0 fully saturated rings. The predicted molar refractivity (Wildman–Crippen MR) is 151 cm³/mol. The molecule has 0 heterocycles. The van der Waals surface area contributed by atoms with E-state index in [1.54, 1.807) is 0 Å². The fourth-order valence-corrected chi connectivity index (χ4v) is 2.90. The fourth-order valence-electron chi connectivity index (χ4n) is 2.90. The Morgan fingerprint density at radius 1 is 0.781 bits per heavy atom. The number of benzene rings is 2. The molecular weight excluding hydrogens is 438 g/mol. The molecule has 0 saturated carbocycles. The molecule has 1 nitrogen and oxygen atoms in total. The van der Waals surface area contributed by atoms with Crippen LogP contribution in [0.5, 0.6) is 0 Å². The van der Waals surface area contributed by atoms with Gasteiger partial charge >= 0.3 is 0 Å². The maximum Gasteiger partial charge on any atom is 0 e. The van der Waals surface area contributed by atoms with Gasteiger partial charge in [0, 0.05) is 21.7 Å². The zero-order valence-electron chi connectivity index (χ0n) is 22.0. The topological polar surface area (TPSA) is 23.8 Å². The Morgan fingerprint density at radius 3 is 1.59 bits per heavy atom. The van der Waals surface area contributed by atoms with E-state index in [0.717, 1.165) is 6.42 Å². The fraction of sp³-hybridized carbons (Fsp3) is 0.276. The van der Waals surface area contributed by atoms with Crippen LogP contribution in [-0.4, -0.2) is 16.5 Å². The maximum absolute atomic E-state index is 6.94. The van der Waals surface area contributed by atoms with Gasteiger partial charge < -0.3 is 35.4 Å². The van der Waals surface area contributed by atoms with Crippen LogP contribution < -0.4 is 0 Å². The first-order valence-electron chi connectivity index (χ1n) is 9.54. The summed E-state index contributed by atoms with van der Waals surface area (Å²) in [6, 6.07) is 26.1. The minimum atomic E-state index is -0.250. The molecule has 0 aliphatic heterocycles. The molecule has 0 amide bonds. The smallest absolute Gasteiger partial charge is 0 e. The van der Waals surface area contributed by atoms with Crippen LogP contribution in [0.2, 0.25) is 0 Å². The number of nitrogens with one attached hydrogen (secondary N) is 1. The summed E-state index contributed by atoms with van der Waals surface area (Å²) in [6.07, 6.45) is 3.64. The summed E-state index contributed by atoms with van der Waals surface area (Å²) in [5, 5.41) is 0. The molecule has 0 aromatic heterocycles. The van der Waals surface area contributed by atoms with Crippen LogP contribution in [0.15, 0.2) is 72.8 Å². The van der Waals surface area contributed by atoms with Crippen molar-refractivity contribution in [2.45, 2.75) is 52.5 Å². The van der Waals surface area contributed by atoms with E-state index in [1.165, 1.54) is 40.7 Å². The number of unbranched alkanes of at least 4 members (excludes halogenated alkanes) is 1. The van der Waals surface area contributed by atoms with Crippen molar-refractivity contribution in [1.82, 2.24) is 0 Å². The molecule has 0 spiro atoms. The largest absolute Gasteiger partial charge is 0.673 e. The Labute approximate surface area is 220 Å². The van der Waals surface area contributed by atoms with Gasteiger partial charge in [-0.25, -0.2) is 0 Å². The Morgan fingerprint density at radius 2 is 1.19 bits per heavy atom. The zero-order chi connectivity index (χ0) is 19.0. The van der Waals surface area contributed by atoms with Crippen molar-refractivity contribution >= 4 is 11.0 Å². The van der Waals surface area contributed by atoms with Crippen LogP contribution in [0.25, 0.3) is 28.0 Å². The van der Waals surface area contributed by atoms with E-state index in [9.17, 15) is 0 Å². The third-order valence-electron chi connectivity index (χ3n) is 3.99. The molecule has 0 unspecified atom stereocenters. The van der Waals surface area contributed by atoms with Gasteiger partial charge in [0.05, 0.1) is 0 Å². The van der Waals surface area contributed by atoms with E-state index in [0.29, 0.717) is 0 Å². The summed E-state index contributed by atoms with van der Waals surface area (Å²) in [4.78, 5) is 0. The Bertz CT molecular complexity index is 768. The number of rotatable bonds is 5. The second kappa shape index (κ2) is 20.3. The van der Waals surface area contributed by atoms with Crippen molar-refractivity contribution in [1.29, 1.82) is 0 Å². The van der Waals surface area contributed by atoms with Crippen LogP contribution in [-0.2, 0) is 28.1 Å². The van der Waals surface area contributed by atoms with Crippen LogP contribution >= 0.6 is 0 Å². The van der Waals surface area contributed by atoms with Crippen molar-refractivity contribution < 1.29 is 21.7 Å². The van der Waals surface area contributed by atoms with E-state index in [2.05, 4.69) is 79.7 Å². The monoisotopic (exact) mass is 484 g/mol. The van der Waals surface area contributed by atoms with Gasteiger partial charge in [-0.15, -0.1) is 28.8 Å². The normalized spacial score (nSPS) is 8.91. The average Bonchev–Trinajstić information content (AvgIpc) is 3.04. The van der Waals surface area contributed by atoms with Gasteiger partial charge in [-0.3, -0.25) is 0 Å². The molecule has 0 atom stereocenters. The van der Waals surface area contributed by atoms with E-state index in [4.69, 9.17) is 5.73 Å². The molecule has 0 aliphatic carbocycles. The molecule has 1 radical (unpaired) electrons. The third-order valence-corrected chi connectivity index (χ3v) is 3.99. The van der Waals surface area contributed by atoms with Crippen molar-refractivity contribution in [3.05, 3.63) is 114 Å². The molecule has 3 heteroatoms. The van der Waals surface area contributed by atoms with E-state index < -0.39 is 0 Å².